The molecule has 0 bridgehead atoms. The third-order valence-corrected chi connectivity index (χ3v) is 3.11. The van der Waals surface area contributed by atoms with Crippen LogP contribution in [0, 0.1) is 0 Å². The average molecular weight is 208 g/mol. The SMILES string of the molecule is CCn1ccc(C2CCCN2CCN)n1. The molecule has 0 saturated carbocycles. The Morgan fingerprint density at radius 3 is 3.13 bits per heavy atom. The normalized spacial score (nSPS) is 22.4. The highest BCUT2D eigenvalue weighted by atomic mass is 15.3. The van der Waals surface area contributed by atoms with Crippen molar-refractivity contribution in [2.24, 2.45) is 5.73 Å². The molecule has 1 atom stereocenters. The summed E-state index contributed by atoms with van der Waals surface area (Å²) in [6, 6.07) is 2.64. The quantitative estimate of drug-likeness (QED) is 0.803. The molecule has 4 heteroatoms. The highest BCUT2D eigenvalue weighted by Gasteiger charge is 2.26. The third-order valence-electron chi connectivity index (χ3n) is 3.11. The number of likely N-dealkylation sites (tertiary alicyclic amines) is 1. The maximum Gasteiger partial charge on any atom is 0.0796 e. The first kappa shape index (κ1) is 10.6. The molecule has 1 unspecified atom stereocenters. The van der Waals surface area contributed by atoms with Crippen molar-refractivity contribution >= 4 is 0 Å². The number of nitrogens with zero attached hydrogens (tertiary/aromatic N) is 3. The lowest BCUT2D eigenvalue weighted by molar-refractivity contribution is 0.259. The van der Waals surface area contributed by atoms with E-state index in [1.165, 1.54) is 25.1 Å². The molecule has 0 amide bonds. The second-order valence-corrected chi connectivity index (χ2v) is 4.08. The summed E-state index contributed by atoms with van der Waals surface area (Å²) >= 11 is 0. The first-order valence-corrected chi connectivity index (χ1v) is 5.82. The van der Waals surface area contributed by atoms with Gasteiger partial charge < -0.3 is 5.73 Å². The van der Waals surface area contributed by atoms with Gasteiger partial charge in [0.2, 0.25) is 0 Å². The van der Waals surface area contributed by atoms with Crippen LogP contribution in [0.4, 0.5) is 0 Å². The molecule has 0 aromatic carbocycles. The number of nitrogens with two attached hydrogens (primary N) is 1. The topological polar surface area (TPSA) is 47.1 Å². The van der Waals surface area contributed by atoms with Gasteiger partial charge in [0, 0.05) is 25.8 Å². The fourth-order valence-electron chi connectivity index (χ4n) is 2.33. The van der Waals surface area contributed by atoms with E-state index in [1.54, 1.807) is 0 Å². The first-order valence-electron chi connectivity index (χ1n) is 5.82. The van der Waals surface area contributed by atoms with Crippen molar-refractivity contribution in [2.45, 2.75) is 32.4 Å². The molecule has 1 saturated heterocycles. The van der Waals surface area contributed by atoms with Gasteiger partial charge in [-0.1, -0.05) is 0 Å². The third kappa shape index (κ3) is 2.21. The van der Waals surface area contributed by atoms with Crippen molar-refractivity contribution in [3.05, 3.63) is 18.0 Å². The smallest absolute Gasteiger partial charge is 0.0796 e. The molecule has 1 aliphatic rings. The lowest BCUT2D eigenvalue weighted by Gasteiger charge is -2.21. The van der Waals surface area contributed by atoms with E-state index in [0.29, 0.717) is 6.04 Å². The number of aromatic nitrogens is 2. The zero-order valence-corrected chi connectivity index (χ0v) is 9.39. The van der Waals surface area contributed by atoms with Crippen LogP contribution in [0.15, 0.2) is 12.3 Å². The van der Waals surface area contributed by atoms with Crippen LogP contribution < -0.4 is 5.73 Å². The molecule has 1 aromatic rings. The van der Waals surface area contributed by atoms with E-state index in [1.807, 2.05) is 4.68 Å². The van der Waals surface area contributed by atoms with Crippen LogP contribution in [0.2, 0.25) is 0 Å². The van der Waals surface area contributed by atoms with Crippen molar-refractivity contribution in [3.8, 4) is 0 Å². The highest BCUT2D eigenvalue weighted by Crippen LogP contribution is 2.29. The van der Waals surface area contributed by atoms with Gasteiger partial charge in [0.15, 0.2) is 0 Å². The van der Waals surface area contributed by atoms with Gasteiger partial charge >= 0.3 is 0 Å². The number of hydrogen-bond donors (Lipinski definition) is 1. The zero-order valence-electron chi connectivity index (χ0n) is 9.39. The summed E-state index contributed by atoms with van der Waals surface area (Å²) in [6.07, 6.45) is 4.55. The Bertz CT molecular complexity index is 307. The summed E-state index contributed by atoms with van der Waals surface area (Å²) in [5, 5.41) is 4.58. The summed E-state index contributed by atoms with van der Waals surface area (Å²) in [5.74, 6) is 0. The zero-order chi connectivity index (χ0) is 10.7. The van der Waals surface area contributed by atoms with Crippen LogP contribution in [0.25, 0.3) is 0 Å². The molecule has 0 radical (unpaired) electrons. The van der Waals surface area contributed by atoms with Gasteiger partial charge in [0.1, 0.15) is 0 Å². The van der Waals surface area contributed by atoms with Crippen LogP contribution in [0.3, 0.4) is 0 Å². The molecular formula is C11H20N4. The van der Waals surface area contributed by atoms with Gasteiger partial charge in [-0.25, -0.2) is 0 Å². The predicted molar refractivity (Wildman–Crippen MR) is 60.5 cm³/mol. The Morgan fingerprint density at radius 1 is 1.60 bits per heavy atom. The minimum Gasteiger partial charge on any atom is -0.329 e. The largest absolute Gasteiger partial charge is 0.329 e. The molecule has 0 aliphatic carbocycles. The fourth-order valence-corrected chi connectivity index (χ4v) is 2.33. The summed E-state index contributed by atoms with van der Waals surface area (Å²) < 4.78 is 1.99. The molecule has 1 fully saturated rings. The Labute approximate surface area is 91.1 Å². The van der Waals surface area contributed by atoms with E-state index in [2.05, 4.69) is 29.2 Å². The van der Waals surface area contributed by atoms with E-state index in [9.17, 15) is 0 Å². The van der Waals surface area contributed by atoms with Gasteiger partial charge in [0.25, 0.3) is 0 Å². The molecule has 1 aliphatic heterocycles. The maximum atomic E-state index is 5.61. The molecule has 2 N–H and O–H groups in total. The summed E-state index contributed by atoms with van der Waals surface area (Å²) in [5.41, 5.74) is 6.82. The van der Waals surface area contributed by atoms with E-state index >= 15 is 0 Å². The van der Waals surface area contributed by atoms with Crippen molar-refractivity contribution in [2.75, 3.05) is 19.6 Å². The molecule has 2 rings (SSSR count). The summed E-state index contributed by atoms with van der Waals surface area (Å²) in [4.78, 5) is 2.45. The molecule has 4 nitrogen and oxygen atoms in total. The monoisotopic (exact) mass is 208 g/mol. The van der Waals surface area contributed by atoms with Gasteiger partial charge in [-0.05, 0) is 32.4 Å². The van der Waals surface area contributed by atoms with Crippen LogP contribution in [-0.4, -0.2) is 34.3 Å². The molecular weight excluding hydrogens is 188 g/mol. The molecule has 2 heterocycles. The maximum absolute atomic E-state index is 5.61. The standard InChI is InChI=1S/C11H20N4/c1-2-15-8-5-10(13-15)11-4-3-7-14(11)9-6-12/h5,8,11H,2-4,6-7,9,12H2,1H3. The lowest BCUT2D eigenvalue weighted by Crippen LogP contribution is -2.29. The summed E-state index contributed by atoms with van der Waals surface area (Å²) in [6.45, 7) is 5.96. The number of hydrogen-bond acceptors (Lipinski definition) is 3. The Balaban J connectivity index is 2.08. The second kappa shape index (κ2) is 4.77. The van der Waals surface area contributed by atoms with Gasteiger partial charge in [-0.2, -0.15) is 5.10 Å². The first-order chi connectivity index (χ1) is 7.35. The minimum absolute atomic E-state index is 0.501. The highest BCUT2D eigenvalue weighted by molar-refractivity contribution is 5.07. The van der Waals surface area contributed by atoms with Crippen LogP contribution in [0.1, 0.15) is 31.5 Å². The Hall–Kier alpha value is -0.870. The van der Waals surface area contributed by atoms with Crippen molar-refractivity contribution in [3.63, 3.8) is 0 Å². The fraction of sp³-hybridized carbons (Fsp3) is 0.727. The van der Waals surface area contributed by atoms with E-state index < -0.39 is 0 Å². The van der Waals surface area contributed by atoms with E-state index in [4.69, 9.17) is 5.73 Å². The predicted octanol–water partition coefficient (Wildman–Crippen LogP) is 0.999. The van der Waals surface area contributed by atoms with E-state index in [-0.39, 0.29) is 0 Å². The van der Waals surface area contributed by atoms with Gasteiger partial charge in [-0.15, -0.1) is 0 Å². The second-order valence-electron chi connectivity index (χ2n) is 4.08. The Kier molecular flexibility index (Phi) is 3.38. The Morgan fingerprint density at radius 2 is 2.47 bits per heavy atom. The van der Waals surface area contributed by atoms with Crippen molar-refractivity contribution in [1.29, 1.82) is 0 Å². The van der Waals surface area contributed by atoms with Crippen molar-refractivity contribution < 1.29 is 0 Å². The molecule has 0 spiro atoms. The number of aryl methyl sites for hydroxylation is 1. The average Bonchev–Trinajstić information content (AvgIpc) is 2.85. The van der Waals surface area contributed by atoms with Gasteiger partial charge in [-0.3, -0.25) is 9.58 Å². The molecule has 15 heavy (non-hydrogen) atoms. The molecule has 1 aromatic heterocycles. The lowest BCUT2D eigenvalue weighted by atomic mass is 10.1. The van der Waals surface area contributed by atoms with Gasteiger partial charge in [0.05, 0.1) is 11.7 Å². The van der Waals surface area contributed by atoms with E-state index in [0.717, 1.165) is 19.6 Å². The minimum atomic E-state index is 0.501. The molecule has 84 valence electrons. The summed E-state index contributed by atoms with van der Waals surface area (Å²) in [7, 11) is 0. The number of rotatable bonds is 4. The van der Waals surface area contributed by atoms with Crippen molar-refractivity contribution in [1.82, 2.24) is 14.7 Å². The van der Waals surface area contributed by atoms with Crippen LogP contribution >= 0.6 is 0 Å². The van der Waals surface area contributed by atoms with Crippen LogP contribution in [0.5, 0.6) is 0 Å². The van der Waals surface area contributed by atoms with Crippen LogP contribution in [-0.2, 0) is 6.54 Å².